The zero-order chi connectivity index (χ0) is 11.0. The van der Waals surface area contributed by atoms with Crippen molar-refractivity contribution in [3.05, 3.63) is 30.7 Å². The molecule has 0 aliphatic heterocycles. The van der Waals surface area contributed by atoms with E-state index in [2.05, 4.69) is 20.1 Å². The van der Waals surface area contributed by atoms with E-state index in [4.69, 9.17) is 0 Å². The van der Waals surface area contributed by atoms with Gasteiger partial charge in [0.2, 0.25) is 0 Å². The smallest absolute Gasteiger partial charge is 0.176 e. The number of nitrogens with one attached hydrogen (secondary N) is 1. The molecule has 5 nitrogen and oxygen atoms in total. The molecule has 1 N–H and O–H groups in total. The number of aromatic amines is 1. The van der Waals surface area contributed by atoms with E-state index in [-0.39, 0.29) is 0 Å². The van der Waals surface area contributed by atoms with Crippen LogP contribution in [0.25, 0.3) is 22.6 Å². The van der Waals surface area contributed by atoms with Crippen molar-refractivity contribution in [2.75, 3.05) is 0 Å². The number of H-pyrrole nitrogens is 1. The first-order valence-electron chi connectivity index (χ1n) is 5.20. The normalized spacial score (nSPS) is 11.1. The van der Waals surface area contributed by atoms with E-state index >= 15 is 0 Å². The average Bonchev–Trinajstić information content (AvgIpc) is 2.89. The molecule has 0 saturated heterocycles. The van der Waals surface area contributed by atoms with Crippen LogP contribution in [0.1, 0.15) is 6.92 Å². The van der Waals surface area contributed by atoms with Gasteiger partial charge in [-0.1, -0.05) is 0 Å². The first-order valence-corrected chi connectivity index (χ1v) is 5.20. The molecule has 16 heavy (non-hydrogen) atoms. The Kier molecular flexibility index (Phi) is 1.96. The molecule has 0 amide bonds. The van der Waals surface area contributed by atoms with E-state index in [1.165, 1.54) is 0 Å². The number of aryl methyl sites for hydroxylation is 1. The predicted molar refractivity (Wildman–Crippen MR) is 60.8 cm³/mol. The Balaban J connectivity index is 2.16. The molecule has 3 rings (SSSR count). The third-order valence-electron chi connectivity index (χ3n) is 2.52. The quantitative estimate of drug-likeness (QED) is 0.706. The van der Waals surface area contributed by atoms with Crippen molar-refractivity contribution in [3.63, 3.8) is 0 Å². The van der Waals surface area contributed by atoms with Gasteiger partial charge in [-0.25, -0.2) is 9.67 Å². The zero-order valence-electron chi connectivity index (χ0n) is 8.88. The second-order valence-electron chi connectivity index (χ2n) is 3.52. The molecule has 3 heterocycles. The summed E-state index contributed by atoms with van der Waals surface area (Å²) < 4.78 is 1.87. The molecule has 0 bridgehead atoms. The maximum absolute atomic E-state index is 4.52. The van der Waals surface area contributed by atoms with Crippen molar-refractivity contribution in [2.24, 2.45) is 0 Å². The van der Waals surface area contributed by atoms with Crippen LogP contribution in [0.2, 0.25) is 0 Å². The molecule has 0 atom stereocenters. The minimum Gasteiger partial charge on any atom is -0.335 e. The van der Waals surface area contributed by atoms with Crippen LogP contribution >= 0.6 is 0 Å². The van der Waals surface area contributed by atoms with E-state index in [0.717, 1.165) is 29.1 Å². The highest BCUT2D eigenvalue weighted by molar-refractivity contribution is 5.75. The SMILES string of the molecule is CCn1ncc2[nH]c(-c3cccnc3)nc21. The Morgan fingerprint density at radius 1 is 1.38 bits per heavy atom. The number of aromatic nitrogens is 5. The topological polar surface area (TPSA) is 59.4 Å². The first-order chi connectivity index (χ1) is 7.88. The molecule has 80 valence electrons. The third kappa shape index (κ3) is 1.29. The monoisotopic (exact) mass is 213 g/mol. The number of imidazole rings is 1. The van der Waals surface area contributed by atoms with E-state index in [0.29, 0.717) is 0 Å². The highest BCUT2D eigenvalue weighted by Gasteiger charge is 2.09. The lowest BCUT2D eigenvalue weighted by molar-refractivity contribution is 0.677. The van der Waals surface area contributed by atoms with Gasteiger partial charge in [-0.3, -0.25) is 4.98 Å². The van der Waals surface area contributed by atoms with E-state index in [1.807, 2.05) is 23.7 Å². The molecule has 5 heteroatoms. The van der Waals surface area contributed by atoms with Gasteiger partial charge in [-0.05, 0) is 19.1 Å². The Morgan fingerprint density at radius 2 is 2.31 bits per heavy atom. The second-order valence-corrected chi connectivity index (χ2v) is 3.52. The maximum atomic E-state index is 4.52. The van der Waals surface area contributed by atoms with Gasteiger partial charge in [0.15, 0.2) is 5.65 Å². The van der Waals surface area contributed by atoms with Gasteiger partial charge in [-0.15, -0.1) is 0 Å². The summed E-state index contributed by atoms with van der Waals surface area (Å²) in [5.74, 6) is 0.836. The van der Waals surface area contributed by atoms with Crippen LogP contribution in [-0.4, -0.2) is 24.7 Å². The highest BCUT2D eigenvalue weighted by atomic mass is 15.3. The highest BCUT2D eigenvalue weighted by Crippen LogP contribution is 2.18. The molecular weight excluding hydrogens is 202 g/mol. The average molecular weight is 213 g/mol. The summed E-state index contributed by atoms with van der Waals surface area (Å²) in [6.07, 6.45) is 5.34. The molecular formula is C11H11N5. The lowest BCUT2D eigenvalue weighted by Gasteiger charge is -1.95. The molecule has 0 aliphatic carbocycles. The van der Waals surface area contributed by atoms with Crippen LogP contribution in [0.5, 0.6) is 0 Å². The number of rotatable bonds is 2. The zero-order valence-corrected chi connectivity index (χ0v) is 8.88. The summed E-state index contributed by atoms with van der Waals surface area (Å²) in [5.41, 5.74) is 2.84. The maximum Gasteiger partial charge on any atom is 0.176 e. The minimum absolute atomic E-state index is 0.820. The van der Waals surface area contributed by atoms with Gasteiger partial charge < -0.3 is 4.98 Å². The van der Waals surface area contributed by atoms with E-state index < -0.39 is 0 Å². The van der Waals surface area contributed by atoms with Crippen LogP contribution in [-0.2, 0) is 6.54 Å². The lowest BCUT2D eigenvalue weighted by atomic mass is 10.3. The Labute approximate surface area is 92.2 Å². The van der Waals surface area contributed by atoms with Crippen LogP contribution < -0.4 is 0 Å². The Morgan fingerprint density at radius 3 is 3.06 bits per heavy atom. The summed E-state index contributed by atoms with van der Waals surface area (Å²) in [6.45, 7) is 2.87. The number of fused-ring (bicyclic) bond motifs is 1. The summed E-state index contributed by atoms with van der Waals surface area (Å²) >= 11 is 0. The van der Waals surface area contributed by atoms with E-state index in [1.54, 1.807) is 18.6 Å². The van der Waals surface area contributed by atoms with Crippen LogP contribution in [0.3, 0.4) is 0 Å². The Hall–Kier alpha value is -2.17. The van der Waals surface area contributed by atoms with Crippen LogP contribution in [0.4, 0.5) is 0 Å². The molecule has 0 aromatic carbocycles. The summed E-state index contributed by atoms with van der Waals surface area (Å²) in [4.78, 5) is 11.8. The van der Waals surface area contributed by atoms with Crippen molar-refractivity contribution < 1.29 is 0 Å². The van der Waals surface area contributed by atoms with Crippen LogP contribution in [0, 0.1) is 0 Å². The molecule has 3 aromatic heterocycles. The number of hydrogen-bond acceptors (Lipinski definition) is 3. The fourth-order valence-electron chi connectivity index (χ4n) is 1.72. The lowest BCUT2D eigenvalue weighted by Crippen LogP contribution is -1.96. The van der Waals surface area contributed by atoms with Gasteiger partial charge in [0.1, 0.15) is 11.3 Å². The van der Waals surface area contributed by atoms with Gasteiger partial charge in [0.05, 0.1) is 6.20 Å². The summed E-state index contributed by atoms with van der Waals surface area (Å²) in [7, 11) is 0. The first kappa shape index (κ1) is 9.08. The summed E-state index contributed by atoms with van der Waals surface area (Å²) in [5, 5.41) is 4.22. The standard InChI is InChI=1S/C11H11N5/c1-2-16-11-9(7-13-16)14-10(15-11)8-4-3-5-12-6-8/h3-7H,2H2,1H3,(H,14,15). The van der Waals surface area contributed by atoms with Gasteiger partial charge in [0, 0.05) is 24.5 Å². The largest absolute Gasteiger partial charge is 0.335 e. The fourth-order valence-corrected chi connectivity index (χ4v) is 1.72. The Bertz CT molecular complexity index is 608. The van der Waals surface area contributed by atoms with Crippen molar-refractivity contribution >= 4 is 11.2 Å². The molecule has 3 aromatic rings. The predicted octanol–water partition coefficient (Wildman–Crippen LogP) is 1.84. The van der Waals surface area contributed by atoms with E-state index in [9.17, 15) is 0 Å². The minimum atomic E-state index is 0.820. The fraction of sp³-hybridized carbons (Fsp3) is 0.182. The van der Waals surface area contributed by atoms with Crippen LogP contribution in [0.15, 0.2) is 30.7 Å². The molecule has 0 radical (unpaired) electrons. The molecule has 0 spiro atoms. The molecule has 0 saturated carbocycles. The summed E-state index contributed by atoms with van der Waals surface area (Å²) in [6, 6.07) is 3.88. The number of hydrogen-bond donors (Lipinski definition) is 1. The van der Waals surface area contributed by atoms with Crippen molar-refractivity contribution in [3.8, 4) is 11.4 Å². The third-order valence-corrected chi connectivity index (χ3v) is 2.52. The molecule has 0 aliphatic rings. The van der Waals surface area contributed by atoms with Gasteiger partial charge in [0.25, 0.3) is 0 Å². The van der Waals surface area contributed by atoms with Gasteiger partial charge >= 0.3 is 0 Å². The molecule has 0 unspecified atom stereocenters. The number of pyridine rings is 1. The number of nitrogens with zero attached hydrogens (tertiary/aromatic N) is 4. The van der Waals surface area contributed by atoms with Crippen molar-refractivity contribution in [1.82, 2.24) is 24.7 Å². The van der Waals surface area contributed by atoms with Crippen molar-refractivity contribution in [1.29, 1.82) is 0 Å². The van der Waals surface area contributed by atoms with Gasteiger partial charge in [-0.2, -0.15) is 5.10 Å². The second kappa shape index (κ2) is 3.44. The van der Waals surface area contributed by atoms with Crippen molar-refractivity contribution in [2.45, 2.75) is 13.5 Å². The molecule has 0 fully saturated rings.